The first-order valence-electron chi connectivity index (χ1n) is 3.81. The number of hydrogen-bond acceptors (Lipinski definition) is 1. The summed E-state index contributed by atoms with van der Waals surface area (Å²) in [5.74, 6) is 0. The van der Waals surface area contributed by atoms with Crippen molar-refractivity contribution in [3.63, 3.8) is 0 Å². The highest BCUT2D eigenvalue weighted by atomic mass is 35.5. The third kappa shape index (κ3) is 2.25. The number of halogens is 2. The first kappa shape index (κ1) is 10.6. The molecular weight excluding hydrogens is 207 g/mol. The Kier molecular flexibility index (Phi) is 3.37. The lowest BCUT2D eigenvalue weighted by molar-refractivity contribution is 0.282. The van der Waals surface area contributed by atoms with Crippen molar-refractivity contribution in [1.29, 1.82) is 0 Å². The summed E-state index contributed by atoms with van der Waals surface area (Å²) in [6.07, 6.45) is 0. The number of aliphatic hydroxyl groups excluding tert-OH is 1. The van der Waals surface area contributed by atoms with Gasteiger partial charge >= 0.3 is 0 Å². The van der Waals surface area contributed by atoms with Gasteiger partial charge in [-0.25, -0.2) is 0 Å². The van der Waals surface area contributed by atoms with Crippen LogP contribution in [0, 0.1) is 0 Å². The zero-order chi connectivity index (χ0) is 10.0. The molecule has 0 bridgehead atoms. The minimum atomic E-state index is -0.145. The van der Waals surface area contributed by atoms with Crippen LogP contribution < -0.4 is 0 Å². The molecule has 0 amide bonds. The fourth-order valence-electron chi connectivity index (χ4n) is 1.00. The van der Waals surface area contributed by atoms with E-state index in [0.717, 1.165) is 11.1 Å². The van der Waals surface area contributed by atoms with Gasteiger partial charge in [-0.1, -0.05) is 35.4 Å². The van der Waals surface area contributed by atoms with Gasteiger partial charge in [0.25, 0.3) is 0 Å². The minimum Gasteiger partial charge on any atom is -0.392 e. The van der Waals surface area contributed by atoms with Gasteiger partial charge in [0.15, 0.2) is 0 Å². The average Bonchev–Trinajstić information content (AvgIpc) is 2.03. The zero-order valence-corrected chi connectivity index (χ0v) is 8.78. The highest BCUT2D eigenvalue weighted by molar-refractivity contribution is 6.36. The molecule has 0 aliphatic rings. The van der Waals surface area contributed by atoms with Crippen LogP contribution in [0.3, 0.4) is 0 Å². The van der Waals surface area contributed by atoms with E-state index in [2.05, 4.69) is 6.58 Å². The molecule has 0 saturated carbocycles. The van der Waals surface area contributed by atoms with E-state index in [-0.39, 0.29) is 6.61 Å². The fourth-order valence-corrected chi connectivity index (χ4v) is 1.61. The number of hydrogen-bond donors (Lipinski definition) is 1. The van der Waals surface area contributed by atoms with Crippen LogP contribution in [0.15, 0.2) is 18.7 Å². The van der Waals surface area contributed by atoms with Gasteiger partial charge in [0, 0.05) is 15.6 Å². The molecule has 1 rings (SSSR count). The molecule has 3 heteroatoms. The van der Waals surface area contributed by atoms with E-state index in [0.29, 0.717) is 15.6 Å². The predicted molar refractivity (Wildman–Crippen MR) is 57.1 cm³/mol. The Morgan fingerprint density at radius 3 is 2.15 bits per heavy atom. The third-order valence-corrected chi connectivity index (χ3v) is 2.47. The molecule has 1 aromatic carbocycles. The molecule has 0 aromatic heterocycles. The molecule has 1 nitrogen and oxygen atoms in total. The number of benzene rings is 1. The normalized spacial score (nSPS) is 10.2. The summed E-state index contributed by atoms with van der Waals surface area (Å²) in [7, 11) is 0. The van der Waals surface area contributed by atoms with Crippen LogP contribution in [0.1, 0.15) is 18.1 Å². The van der Waals surface area contributed by atoms with Crippen molar-refractivity contribution in [2.75, 3.05) is 0 Å². The first-order chi connectivity index (χ1) is 6.06. The largest absolute Gasteiger partial charge is 0.392 e. The lowest BCUT2D eigenvalue weighted by Gasteiger charge is -2.07. The van der Waals surface area contributed by atoms with E-state index >= 15 is 0 Å². The summed E-state index contributed by atoms with van der Waals surface area (Å²) in [6, 6.07) is 3.50. The molecule has 0 heterocycles. The topological polar surface area (TPSA) is 20.2 Å². The molecular formula is C10H10Cl2O. The van der Waals surface area contributed by atoms with Crippen molar-refractivity contribution < 1.29 is 5.11 Å². The standard InChI is InChI=1S/C10H10Cl2O/c1-6(2)7-3-9(11)8(5-13)10(12)4-7/h3-4,13H,1,5H2,2H3. The predicted octanol–water partition coefficient (Wildman–Crippen LogP) is 3.52. The molecule has 0 spiro atoms. The van der Waals surface area contributed by atoms with Gasteiger partial charge in [-0.05, 0) is 24.6 Å². The smallest absolute Gasteiger partial charge is 0.0711 e. The van der Waals surface area contributed by atoms with Crippen molar-refractivity contribution in [2.24, 2.45) is 0 Å². The van der Waals surface area contributed by atoms with Crippen LogP contribution in [-0.4, -0.2) is 5.11 Å². The van der Waals surface area contributed by atoms with Crippen molar-refractivity contribution >= 4 is 28.8 Å². The monoisotopic (exact) mass is 216 g/mol. The Bertz CT molecular complexity index is 322. The third-order valence-electron chi connectivity index (χ3n) is 1.79. The fraction of sp³-hybridized carbons (Fsp3) is 0.200. The van der Waals surface area contributed by atoms with E-state index in [9.17, 15) is 0 Å². The summed E-state index contributed by atoms with van der Waals surface area (Å²) in [6.45, 7) is 5.51. The molecule has 0 radical (unpaired) electrons. The molecule has 0 unspecified atom stereocenters. The molecule has 0 saturated heterocycles. The second kappa shape index (κ2) is 4.14. The number of rotatable bonds is 2. The van der Waals surface area contributed by atoms with E-state index < -0.39 is 0 Å². The van der Waals surface area contributed by atoms with Crippen molar-refractivity contribution in [3.8, 4) is 0 Å². The lowest BCUT2D eigenvalue weighted by Crippen LogP contribution is -1.89. The first-order valence-corrected chi connectivity index (χ1v) is 4.56. The minimum absolute atomic E-state index is 0.145. The van der Waals surface area contributed by atoms with Crippen molar-refractivity contribution in [3.05, 3.63) is 39.9 Å². The van der Waals surface area contributed by atoms with E-state index in [1.54, 1.807) is 12.1 Å². The second-order valence-electron chi connectivity index (χ2n) is 2.86. The van der Waals surface area contributed by atoms with Gasteiger partial charge in [0.2, 0.25) is 0 Å². The van der Waals surface area contributed by atoms with Gasteiger partial charge in [-0.2, -0.15) is 0 Å². The van der Waals surface area contributed by atoms with Crippen molar-refractivity contribution in [1.82, 2.24) is 0 Å². The maximum Gasteiger partial charge on any atom is 0.0711 e. The second-order valence-corrected chi connectivity index (χ2v) is 3.67. The Morgan fingerprint density at radius 2 is 1.85 bits per heavy atom. The molecule has 70 valence electrons. The maximum atomic E-state index is 8.94. The number of aliphatic hydroxyl groups is 1. The number of allylic oxidation sites excluding steroid dienone is 1. The van der Waals surface area contributed by atoms with Gasteiger partial charge in [0.1, 0.15) is 0 Å². The van der Waals surface area contributed by atoms with Crippen LogP contribution in [0.4, 0.5) is 0 Å². The highest BCUT2D eigenvalue weighted by Crippen LogP contribution is 2.28. The summed E-state index contributed by atoms with van der Waals surface area (Å²) in [5.41, 5.74) is 2.36. The Balaban J connectivity index is 3.28. The summed E-state index contributed by atoms with van der Waals surface area (Å²) in [5, 5.41) is 9.90. The Labute approximate surface area is 87.6 Å². The van der Waals surface area contributed by atoms with Crippen LogP contribution >= 0.6 is 23.2 Å². The molecule has 0 atom stereocenters. The van der Waals surface area contributed by atoms with Crippen LogP contribution in [0.5, 0.6) is 0 Å². The quantitative estimate of drug-likeness (QED) is 0.803. The molecule has 0 fully saturated rings. The van der Waals surface area contributed by atoms with Crippen LogP contribution in [0.25, 0.3) is 5.57 Å². The Hall–Kier alpha value is -0.500. The van der Waals surface area contributed by atoms with Gasteiger partial charge < -0.3 is 5.11 Å². The molecule has 0 aliphatic carbocycles. The van der Waals surface area contributed by atoms with E-state index in [4.69, 9.17) is 28.3 Å². The van der Waals surface area contributed by atoms with Gasteiger partial charge in [-0.15, -0.1) is 0 Å². The van der Waals surface area contributed by atoms with Crippen LogP contribution in [0.2, 0.25) is 10.0 Å². The van der Waals surface area contributed by atoms with Gasteiger partial charge in [-0.3, -0.25) is 0 Å². The molecule has 0 aliphatic heterocycles. The molecule has 1 N–H and O–H groups in total. The lowest BCUT2D eigenvalue weighted by atomic mass is 10.1. The molecule has 13 heavy (non-hydrogen) atoms. The van der Waals surface area contributed by atoms with Gasteiger partial charge in [0.05, 0.1) is 6.61 Å². The average molecular weight is 217 g/mol. The van der Waals surface area contributed by atoms with Crippen LogP contribution in [-0.2, 0) is 6.61 Å². The summed E-state index contributed by atoms with van der Waals surface area (Å²) in [4.78, 5) is 0. The summed E-state index contributed by atoms with van der Waals surface area (Å²) >= 11 is 11.8. The van der Waals surface area contributed by atoms with Crippen molar-refractivity contribution in [2.45, 2.75) is 13.5 Å². The van der Waals surface area contributed by atoms with E-state index in [1.165, 1.54) is 0 Å². The SMILES string of the molecule is C=C(C)c1cc(Cl)c(CO)c(Cl)c1. The zero-order valence-electron chi connectivity index (χ0n) is 7.27. The Morgan fingerprint density at radius 1 is 1.38 bits per heavy atom. The maximum absolute atomic E-state index is 8.94. The highest BCUT2D eigenvalue weighted by Gasteiger charge is 2.07. The summed E-state index contributed by atoms with van der Waals surface area (Å²) < 4.78 is 0. The molecule has 1 aromatic rings. The van der Waals surface area contributed by atoms with E-state index in [1.807, 2.05) is 6.92 Å².